The van der Waals surface area contributed by atoms with Crippen molar-refractivity contribution in [1.29, 1.82) is 0 Å². The smallest absolute Gasteiger partial charge is 0.0881 e. The third-order valence-electron chi connectivity index (χ3n) is 8.76. The first-order valence-electron chi connectivity index (χ1n) is 11.5. The zero-order valence-corrected chi connectivity index (χ0v) is 18.1. The van der Waals surface area contributed by atoms with E-state index in [0.29, 0.717) is 10.9 Å². The van der Waals surface area contributed by atoms with Crippen molar-refractivity contribution < 1.29 is 0 Å². The molecule has 0 amide bonds. The number of fused-ring (bicyclic) bond motifs is 4. The molecule has 28 heavy (non-hydrogen) atoms. The molecule has 1 aromatic carbocycles. The van der Waals surface area contributed by atoms with E-state index in [-0.39, 0.29) is 0 Å². The Morgan fingerprint density at radius 1 is 1.00 bits per heavy atom. The Bertz CT molecular complexity index is 846. The molecule has 3 saturated carbocycles. The monoisotopic (exact) mass is 389 g/mol. The van der Waals surface area contributed by atoms with Gasteiger partial charge in [0.1, 0.15) is 10.5 Å². The molecule has 1 aromatic rings. The van der Waals surface area contributed by atoms with Gasteiger partial charge in [0.15, 0.2) is 4.90 Å². The lowest BCUT2D eigenvalue weighted by molar-refractivity contribution is 0.0725. The highest BCUT2D eigenvalue weighted by Gasteiger charge is 2.65. The molecule has 0 N–H and O–H groups in total. The van der Waals surface area contributed by atoms with Crippen molar-refractivity contribution in [3.63, 3.8) is 0 Å². The first kappa shape index (κ1) is 17.6. The van der Waals surface area contributed by atoms with Crippen LogP contribution >= 0.6 is 0 Å². The van der Waals surface area contributed by atoms with Crippen molar-refractivity contribution >= 4 is 10.9 Å². The summed E-state index contributed by atoms with van der Waals surface area (Å²) in [7, 11) is 0.370. The predicted molar refractivity (Wildman–Crippen MR) is 120 cm³/mol. The van der Waals surface area contributed by atoms with E-state index in [0.717, 1.165) is 46.0 Å². The summed E-state index contributed by atoms with van der Waals surface area (Å²) in [6.07, 6.45) is 17.1. The van der Waals surface area contributed by atoms with Gasteiger partial charge in [-0.25, -0.2) is 0 Å². The molecule has 0 aliphatic heterocycles. The van der Waals surface area contributed by atoms with E-state index < -0.39 is 0 Å². The van der Waals surface area contributed by atoms with E-state index in [9.17, 15) is 0 Å². The lowest BCUT2D eigenvalue weighted by atomic mass is 9.61. The molecule has 1 heteroatoms. The Hall–Kier alpha value is -1.21. The second-order valence-corrected chi connectivity index (χ2v) is 12.3. The van der Waals surface area contributed by atoms with Crippen molar-refractivity contribution in [3.05, 3.63) is 65.8 Å². The fourth-order valence-electron chi connectivity index (χ4n) is 7.34. The fourth-order valence-corrected chi connectivity index (χ4v) is 11.1. The molecular formula is C27H33S+. The Kier molecular flexibility index (Phi) is 4.19. The van der Waals surface area contributed by atoms with Crippen LogP contribution in [0.25, 0.3) is 0 Å². The normalized spacial score (nSPS) is 45.5. The lowest BCUT2D eigenvalue weighted by Crippen LogP contribution is -2.53. The second kappa shape index (κ2) is 6.66. The Morgan fingerprint density at radius 2 is 1.86 bits per heavy atom. The van der Waals surface area contributed by atoms with Gasteiger partial charge in [-0.05, 0) is 74.5 Å². The van der Waals surface area contributed by atoms with E-state index >= 15 is 0 Å². The number of rotatable bonds is 3. The zero-order chi connectivity index (χ0) is 18.8. The molecule has 0 heterocycles. The highest BCUT2D eigenvalue weighted by atomic mass is 32.2. The van der Waals surface area contributed by atoms with Gasteiger partial charge in [0.2, 0.25) is 0 Å². The summed E-state index contributed by atoms with van der Waals surface area (Å²) in [6, 6.07) is 11.7. The van der Waals surface area contributed by atoms with Crippen molar-refractivity contribution in [2.45, 2.75) is 61.3 Å². The molecule has 0 nitrogen and oxygen atoms in total. The summed E-state index contributed by atoms with van der Waals surface area (Å²) in [6.45, 7) is 4.73. The van der Waals surface area contributed by atoms with E-state index in [1.165, 1.54) is 32.1 Å². The number of benzene rings is 1. The second-order valence-electron chi connectivity index (χ2n) is 10.0. The molecule has 6 aliphatic carbocycles. The maximum atomic E-state index is 2.73. The Balaban J connectivity index is 1.42. The third-order valence-corrected chi connectivity index (χ3v) is 12.1. The average Bonchev–Trinajstić information content (AvgIpc) is 2.77. The van der Waals surface area contributed by atoms with Crippen LogP contribution in [0.5, 0.6) is 0 Å². The largest absolute Gasteiger partial charge is 0.155 e. The summed E-state index contributed by atoms with van der Waals surface area (Å²) < 4.78 is 0. The van der Waals surface area contributed by atoms with Gasteiger partial charge in [0.05, 0.1) is 0 Å². The highest BCUT2D eigenvalue weighted by Crippen LogP contribution is 2.64. The zero-order valence-electron chi connectivity index (χ0n) is 17.3. The van der Waals surface area contributed by atoms with E-state index in [1.54, 1.807) is 10.5 Å². The van der Waals surface area contributed by atoms with Gasteiger partial charge in [-0.15, -0.1) is 0 Å². The van der Waals surface area contributed by atoms with Crippen LogP contribution in [-0.4, -0.2) is 10.5 Å². The van der Waals surface area contributed by atoms with Crippen LogP contribution in [0.3, 0.4) is 0 Å². The molecule has 146 valence electrons. The standard InChI is InChI=1S/C27H33S/c1-3-18-8-7-9-19-14-21(13-18)26(19)28(22-10-5-4-6-11-22)27-20-12-17(2)23-16-25(27)24(23)15-20/h3-7,9-12,17,19,21,23-27H,8,13-16H2,1-2H3/q+1/b9-7?,18-3-. The van der Waals surface area contributed by atoms with Gasteiger partial charge >= 0.3 is 0 Å². The molecule has 0 radical (unpaired) electrons. The van der Waals surface area contributed by atoms with Crippen molar-refractivity contribution in [1.82, 2.24) is 0 Å². The van der Waals surface area contributed by atoms with Gasteiger partial charge in [-0.1, -0.05) is 55.0 Å². The third kappa shape index (κ3) is 2.51. The van der Waals surface area contributed by atoms with Gasteiger partial charge in [-0.2, -0.15) is 0 Å². The van der Waals surface area contributed by atoms with Crippen LogP contribution in [0.1, 0.15) is 46.0 Å². The SMILES string of the molecule is C/C=C1/CC=CC2CC(C1)C2[S+](c1ccccc1)C1C2=CC(C)C3CC1C3C2. The lowest BCUT2D eigenvalue weighted by Gasteiger charge is -2.47. The van der Waals surface area contributed by atoms with Gasteiger partial charge in [0.25, 0.3) is 0 Å². The Labute approximate surface area is 173 Å². The van der Waals surface area contributed by atoms with Gasteiger partial charge in [-0.3, -0.25) is 0 Å². The molecule has 9 atom stereocenters. The van der Waals surface area contributed by atoms with Crippen molar-refractivity contribution in [3.8, 4) is 0 Å². The number of allylic oxidation sites excluding steroid dienone is 5. The summed E-state index contributed by atoms with van der Waals surface area (Å²) in [5.74, 6) is 5.56. The van der Waals surface area contributed by atoms with Crippen LogP contribution in [0.4, 0.5) is 0 Å². The first-order chi connectivity index (χ1) is 13.7. The molecule has 9 unspecified atom stereocenters. The van der Waals surface area contributed by atoms with Crippen LogP contribution in [-0.2, 0) is 10.9 Å². The van der Waals surface area contributed by atoms with E-state index in [2.05, 4.69) is 68.5 Å². The summed E-state index contributed by atoms with van der Waals surface area (Å²) in [5.41, 5.74) is 3.53. The van der Waals surface area contributed by atoms with Crippen LogP contribution in [0.2, 0.25) is 0 Å². The summed E-state index contributed by atoms with van der Waals surface area (Å²) in [5, 5.41) is 1.72. The summed E-state index contributed by atoms with van der Waals surface area (Å²) >= 11 is 0. The van der Waals surface area contributed by atoms with E-state index in [4.69, 9.17) is 0 Å². The average molecular weight is 390 g/mol. The van der Waals surface area contributed by atoms with Crippen molar-refractivity contribution in [2.75, 3.05) is 0 Å². The minimum atomic E-state index is 0.370. The minimum absolute atomic E-state index is 0.370. The van der Waals surface area contributed by atoms with Gasteiger partial charge < -0.3 is 0 Å². The predicted octanol–water partition coefficient (Wildman–Crippen LogP) is 6.57. The number of hydrogen-bond donors (Lipinski definition) is 0. The molecule has 3 fully saturated rings. The molecule has 6 aliphatic rings. The fraction of sp³-hybridized carbons (Fsp3) is 0.556. The van der Waals surface area contributed by atoms with Crippen molar-refractivity contribution in [2.24, 2.45) is 35.5 Å². The van der Waals surface area contributed by atoms with Crippen LogP contribution in [0.15, 0.2) is 70.7 Å². The first-order valence-corrected chi connectivity index (χ1v) is 12.9. The topological polar surface area (TPSA) is 0 Å². The molecular weight excluding hydrogens is 356 g/mol. The van der Waals surface area contributed by atoms with Gasteiger partial charge in [0, 0.05) is 28.6 Å². The molecule has 0 aromatic heterocycles. The Morgan fingerprint density at radius 3 is 2.68 bits per heavy atom. The minimum Gasteiger partial charge on any atom is -0.0881 e. The number of hydrogen-bond acceptors (Lipinski definition) is 0. The van der Waals surface area contributed by atoms with Crippen LogP contribution in [0, 0.1) is 35.5 Å². The quantitative estimate of drug-likeness (QED) is 0.405. The molecule has 0 saturated heterocycles. The van der Waals surface area contributed by atoms with E-state index in [1.807, 2.05) is 5.57 Å². The molecule has 4 bridgehead atoms. The molecule has 0 spiro atoms. The molecule has 7 rings (SSSR count). The summed E-state index contributed by atoms with van der Waals surface area (Å²) in [4.78, 5) is 1.66. The van der Waals surface area contributed by atoms with Crippen LogP contribution < -0.4 is 0 Å². The maximum Gasteiger partial charge on any atom is 0.155 e. The highest BCUT2D eigenvalue weighted by molar-refractivity contribution is 7.98. The maximum absolute atomic E-state index is 2.73.